The second kappa shape index (κ2) is 7.36. The maximum Gasteiger partial charge on any atom is 0.158 e. The molecule has 0 saturated carbocycles. The van der Waals surface area contributed by atoms with E-state index in [1.165, 1.54) is 6.26 Å². The van der Waals surface area contributed by atoms with Gasteiger partial charge in [0.1, 0.15) is 18.1 Å². The minimum absolute atomic E-state index is 0.0197. The van der Waals surface area contributed by atoms with Gasteiger partial charge in [0.05, 0.1) is 30.4 Å². The van der Waals surface area contributed by atoms with E-state index in [-0.39, 0.29) is 17.6 Å². The van der Waals surface area contributed by atoms with Crippen LogP contribution in [0.1, 0.15) is 30.2 Å². The Balaban J connectivity index is 1.62. The quantitative estimate of drug-likeness (QED) is 0.763. The SMILES string of the molecule is CCc1nocc1CS(=O)(=O)Cc1ccc(OC2CCOC2)cc1. The molecule has 2 aromatic rings. The van der Waals surface area contributed by atoms with Crippen molar-refractivity contribution in [1.29, 1.82) is 0 Å². The monoisotopic (exact) mass is 351 g/mol. The molecule has 24 heavy (non-hydrogen) atoms. The predicted octanol–water partition coefficient (Wildman–Crippen LogP) is 2.52. The summed E-state index contributed by atoms with van der Waals surface area (Å²) in [6.45, 7) is 3.25. The Labute approximate surface area is 141 Å². The summed E-state index contributed by atoms with van der Waals surface area (Å²) in [4.78, 5) is 0. The molecule has 130 valence electrons. The molecular formula is C17H21NO5S. The fraction of sp³-hybridized carbons (Fsp3) is 0.471. The number of aryl methyl sites for hydroxylation is 1. The fourth-order valence-electron chi connectivity index (χ4n) is 2.69. The summed E-state index contributed by atoms with van der Waals surface area (Å²) in [7, 11) is -3.29. The van der Waals surface area contributed by atoms with Crippen molar-refractivity contribution in [2.45, 2.75) is 37.4 Å². The van der Waals surface area contributed by atoms with Crippen molar-refractivity contribution in [1.82, 2.24) is 5.16 Å². The summed E-state index contributed by atoms with van der Waals surface area (Å²) in [6, 6.07) is 7.19. The fourth-order valence-corrected chi connectivity index (χ4v) is 4.20. The molecule has 2 heterocycles. The number of sulfone groups is 1. The third-order valence-electron chi connectivity index (χ3n) is 3.94. The van der Waals surface area contributed by atoms with E-state index in [0.717, 1.165) is 24.3 Å². The van der Waals surface area contributed by atoms with Gasteiger partial charge < -0.3 is 14.0 Å². The molecule has 3 rings (SSSR count). The summed E-state index contributed by atoms with van der Waals surface area (Å²) in [5.41, 5.74) is 2.07. The Hall–Kier alpha value is -1.86. The van der Waals surface area contributed by atoms with Crippen LogP contribution in [0.2, 0.25) is 0 Å². The van der Waals surface area contributed by atoms with Crippen molar-refractivity contribution in [3.05, 3.63) is 47.3 Å². The van der Waals surface area contributed by atoms with Gasteiger partial charge in [0.15, 0.2) is 9.84 Å². The molecule has 0 radical (unpaired) electrons. The largest absolute Gasteiger partial charge is 0.488 e. The zero-order chi connectivity index (χ0) is 17.0. The number of aromatic nitrogens is 1. The van der Waals surface area contributed by atoms with E-state index in [2.05, 4.69) is 5.16 Å². The van der Waals surface area contributed by atoms with Crippen molar-refractivity contribution in [3.63, 3.8) is 0 Å². The van der Waals surface area contributed by atoms with Gasteiger partial charge in [-0.15, -0.1) is 0 Å². The van der Waals surface area contributed by atoms with Gasteiger partial charge in [-0.25, -0.2) is 8.42 Å². The van der Waals surface area contributed by atoms with E-state index in [4.69, 9.17) is 14.0 Å². The highest BCUT2D eigenvalue weighted by Gasteiger charge is 2.19. The maximum absolute atomic E-state index is 12.4. The lowest BCUT2D eigenvalue weighted by molar-refractivity contribution is 0.141. The molecule has 6 nitrogen and oxygen atoms in total. The van der Waals surface area contributed by atoms with Crippen molar-refractivity contribution >= 4 is 9.84 Å². The van der Waals surface area contributed by atoms with Crippen LogP contribution in [0.5, 0.6) is 5.75 Å². The highest BCUT2D eigenvalue weighted by molar-refractivity contribution is 7.89. The molecule has 1 atom stereocenters. The minimum atomic E-state index is -3.29. The van der Waals surface area contributed by atoms with Gasteiger partial charge in [0, 0.05) is 12.0 Å². The van der Waals surface area contributed by atoms with Crippen LogP contribution in [-0.2, 0) is 32.5 Å². The average molecular weight is 351 g/mol. The Morgan fingerprint density at radius 1 is 1.25 bits per heavy atom. The second-order valence-corrected chi connectivity index (χ2v) is 7.98. The first-order chi connectivity index (χ1) is 11.6. The highest BCUT2D eigenvalue weighted by Crippen LogP contribution is 2.20. The van der Waals surface area contributed by atoms with Gasteiger partial charge in [0.25, 0.3) is 0 Å². The average Bonchev–Trinajstić information content (AvgIpc) is 3.20. The van der Waals surface area contributed by atoms with Crippen LogP contribution >= 0.6 is 0 Å². The molecule has 0 bridgehead atoms. The Morgan fingerprint density at radius 2 is 2.04 bits per heavy atom. The van der Waals surface area contributed by atoms with E-state index in [0.29, 0.717) is 24.3 Å². The smallest absolute Gasteiger partial charge is 0.158 e. The first kappa shape index (κ1) is 17.0. The van der Waals surface area contributed by atoms with E-state index >= 15 is 0 Å². The number of rotatable bonds is 7. The molecule has 0 N–H and O–H groups in total. The van der Waals surface area contributed by atoms with Gasteiger partial charge in [-0.05, 0) is 24.1 Å². The first-order valence-electron chi connectivity index (χ1n) is 8.01. The lowest BCUT2D eigenvalue weighted by atomic mass is 10.2. The number of hydrogen-bond donors (Lipinski definition) is 0. The molecule has 1 aliphatic rings. The van der Waals surface area contributed by atoms with Crippen LogP contribution in [0, 0.1) is 0 Å². The summed E-state index contributed by atoms with van der Waals surface area (Å²) >= 11 is 0. The number of nitrogens with zero attached hydrogens (tertiary/aromatic N) is 1. The van der Waals surface area contributed by atoms with Crippen molar-refractivity contribution in [3.8, 4) is 5.75 Å². The molecule has 1 saturated heterocycles. The van der Waals surface area contributed by atoms with Gasteiger partial charge in [-0.2, -0.15) is 0 Å². The van der Waals surface area contributed by atoms with Gasteiger partial charge >= 0.3 is 0 Å². The molecule has 1 aliphatic heterocycles. The third-order valence-corrected chi connectivity index (χ3v) is 5.46. The topological polar surface area (TPSA) is 78.6 Å². The lowest BCUT2D eigenvalue weighted by Crippen LogP contribution is -2.15. The highest BCUT2D eigenvalue weighted by atomic mass is 32.2. The first-order valence-corrected chi connectivity index (χ1v) is 9.84. The minimum Gasteiger partial charge on any atom is -0.488 e. The number of ether oxygens (including phenoxy) is 2. The zero-order valence-electron chi connectivity index (χ0n) is 13.6. The molecule has 1 fully saturated rings. The Bertz CT molecular complexity index is 761. The summed E-state index contributed by atoms with van der Waals surface area (Å²) in [5.74, 6) is 0.657. The van der Waals surface area contributed by atoms with E-state index in [1.807, 2.05) is 6.92 Å². The number of hydrogen-bond acceptors (Lipinski definition) is 6. The van der Waals surface area contributed by atoms with E-state index in [1.54, 1.807) is 24.3 Å². The lowest BCUT2D eigenvalue weighted by Gasteiger charge is -2.12. The predicted molar refractivity (Wildman–Crippen MR) is 88.5 cm³/mol. The van der Waals surface area contributed by atoms with Crippen molar-refractivity contribution < 1.29 is 22.4 Å². The van der Waals surface area contributed by atoms with Gasteiger partial charge in [0.2, 0.25) is 0 Å². The van der Waals surface area contributed by atoms with Crippen LogP contribution in [0.4, 0.5) is 0 Å². The Kier molecular flexibility index (Phi) is 5.20. The molecule has 1 aromatic carbocycles. The normalized spacial score (nSPS) is 18.0. The third kappa shape index (κ3) is 4.36. The standard InChI is InChI=1S/C17H21NO5S/c1-2-17-14(9-22-18-17)12-24(19,20)11-13-3-5-15(6-4-13)23-16-7-8-21-10-16/h3-6,9,16H,2,7-8,10-12H2,1H3. The van der Waals surface area contributed by atoms with Crippen LogP contribution in [0.3, 0.4) is 0 Å². The number of benzene rings is 1. The van der Waals surface area contributed by atoms with Crippen LogP contribution < -0.4 is 4.74 Å². The summed E-state index contributed by atoms with van der Waals surface area (Å²) in [6.07, 6.45) is 3.03. The molecule has 7 heteroatoms. The molecular weight excluding hydrogens is 330 g/mol. The second-order valence-electron chi connectivity index (χ2n) is 5.92. The molecule has 1 unspecified atom stereocenters. The van der Waals surface area contributed by atoms with Crippen LogP contribution in [0.15, 0.2) is 35.1 Å². The Morgan fingerprint density at radius 3 is 2.71 bits per heavy atom. The van der Waals surface area contributed by atoms with Crippen molar-refractivity contribution in [2.24, 2.45) is 0 Å². The maximum atomic E-state index is 12.4. The molecule has 1 aromatic heterocycles. The molecule has 0 amide bonds. The summed E-state index contributed by atoms with van der Waals surface area (Å²) in [5, 5.41) is 3.82. The van der Waals surface area contributed by atoms with Crippen LogP contribution in [0.25, 0.3) is 0 Å². The van der Waals surface area contributed by atoms with E-state index in [9.17, 15) is 8.42 Å². The molecule has 0 spiro atoms. The van der Waals surface area contributed by atoms with Gasteiger partial charge in [-0.3, -0.25) is 0 Å². The van der Waals surface area contributed by atoms with E-state index < -0.39 is 9.84 Å². The van der Waals surface area contributed by atoms with Crippen molar-refractivity contribution in [2.75, 3.05) is 13.2 Å². The zero-order valence-corrected chi connectivity index (χ0v) is 14.4. The molecule has 0 aliphatic carbocycles. The van der Waals surface area contributed by atoms with Crippen LogP contribution in [-0.4, -0.2) is 32.9 Å². The van der Waals surface area contributed by atoms with Gasteiger partial charge in [-0.1, -0.05) is 24.2 Å². The summed E-state index contributed by atoms with van der Waals surface area (Å²) < 4.78 is 40.7.